The lowest BCUT2D eigenvalue weighted by atomic mass is 9.86. The van der Waals surface area contributed by atoms with E-state index in [0.717, 1.165) is 23.7 Å². The number of hydrogen-bond acceptors (Lipinski definition) is 1. The van der Waals surface area contributed by atoms with Crippen LogP contribution in [-0.4, -0.2) is 17.3 Å². The van der Waals surface area contributed by atoms with Gasteiger partial charge in [-0.05, 0) is 42.9 Å². The average Bonchev–Trinajstić information content (AvgIpc) is 2.35. The highest BCUT2D eigenvalue weighted by Gasteiger charge is 2.14. The molecule has 1 N–H and O–H groups in total. The summed E-state index contributed by atoms with van der Waals surface area (Å²) >= 11 is 3.40. The molecule has 0 aromatic heterocycles. The van der Waals surface area contributed by atoms with Crippen LogP contribution in [0.4, 0.5) is 0 Å². The lowest BCUT2D eigenvalue weighted by molar-refractivity contribution is 0.0938. The Morgan fingerprint density at radius 2 is 1.84 bits per heavy atom. The highest BCUT2D eigenvalue weighted by atomic mass is 79.9. The molecular weight excluding hydrogens is 302 g/mol. The van der Waals surface area contributed by atoms with Crippen LogP contribution >= 0.6 is 15.9 Å². The SMILES string of the molecule is CC(CCCBr)NC(=O)c1ccc(C(C)(C)C)cc1. The van der Waals surface area contributed by atoms with Crippen LogP contribution in [0, 0.1) is 0 Å². The Morgan fingerprint density at radius 3 is 2.32 bits per heavy atom. The summed E-state index contributed by atoms with van der Waals surface area (Å²) in [5.41, 5.74) is 2.10. The minimum Gasteiger partial charge on any atom is -0.350 e. The van der Waals surface area contributed by atoms with Crippen molar-refractivity contribution >= 4 is 21.8 Å². The van der Waals surface area contributed by atoms with Gasteiger partial charge in [0.1, 0.15) is 0 Å². The Morgan fingerprint density at radius 1 is 1.26 bits per heavy atom. The molecule has 0 spiro atoms. The van der Waals surface area contributed by atoms with Gasteiger partial charge < -0.3 is 5.32 Å². The van der Waals surface area contributed by atoms with Crippen LogP contribution in [0.25, 0.3) is 0 Å². The highest BCUT2D eigenvalue weighted by Crippen LogP contribution is 2.22. The van der Waals surface area contributed by atoms with E-state index in [4.69, 9.17) is 0 Å². The van der Waals surface area contributed by atoms with Crippen molar-refractivity contribution in [1.29, 1.82) is 0 Å². The third-order valence-corrected chi connectivity index (χ3v) is 3.72. The van der Waals surface area contributed by atoms with E-state index in [-0.39, 0.29) is 17.4 Å². The second-order valence-corrected chi connectivity index (χ2v) is 6.83. The van der Waals surface area contributed by atoms with Gasteiger partial charge in [-0.1, -0.05) is 48.8 Å². The molecule has 1 aromatic rings. The molecule has 1 rings (SSSR count). The summed E-state index contributed by atoms with van der Waals surface area (Å²) in [6, 6.07) is 8.11. The topological polar surface area (TPSA) is 29.1 Å². The van der Waals surface area contributed by atoms with Crippen molar-refractivity contribution in [3.8, 4) is 0 Å². The van der Waals surface area contributed by atoms with Crippen LogP contribution in [0.2, 0.25) is 0 Å². The zero-order chi connectivity index (χ0) is 14.5. The summed E-state index contributed by atoms with van der Waals surface area (Å²) in [5, 5.41) is 4.01. The van der Waals surface area contributed by atoms with Crippen LogP contribution in [0.15, 0.2) is 24.3 Å². The van der Waals surface area contributed by atoms with Crippen LogP contribution in [0.5, 0.6) is 0 Å². The number of nitrogens with one attached hydrogen (secondary N) is 1. The van der Waals surface area contributed by atoms with Gasteiger partial charge in [-0.2, -0.15) is 0 Å². The molecule has 1 atom stereocenters. The van der Waals surface area contributed by atoms with Gasteiger partial charge in [-0.3, -0.25) is 4.79 Å². The number of hydrogen-bond donors (Lipinski definition) is 1. The van der Waals surface area contributed by atoms with Crippen LogP contribution < -0.4 is 5.32 Å². The molecule has 0 aliphatic carbocycles. The second-order valence-electron chi connectivity index (χ2n) is 6.03. The summed E-state index contributed by atoms with van der Waals surface area (Å²) in [6.07, 6.45) is 2.07. The minimum absolute atomic E-state index is 0.0162. The minimum atomic E-state index is 0.0162. The zero-order valence-electron chi connectivity index (χ0n) is 12.3. The Hall–Kier alpha value is -0.830. The molecule has 0 aliphatic rings. The monoisotopic (exact) mass is 325 g/mol. The molecule has 2 nitrogen and oxygen atoms in total. The van der Waals surface area contributed by atoms with E-state index in [1.54, 1.807) is 0 Å². The summed E-state index contributed by atoms with van der Waals surface area (Å²) in [7, 11) is 0. The van der Waals surface area contributed by atoms with E-state index in [1.165, 1.54) is 5.56 Å². The number of alkyl halides is 1. The predicted molar refractivity (Wildman–Crippen MR) is 85.1 cm³/mol. The van der Waals surface area contributed by atoms with Crippen molar-refractivity contribution in [1.82, 2.24) is 5.32 Å². The molecule has 0 bridgehead atoms. The molecule has 1 unspecified atom stereocenters. The van der Waals surface area contributed by atoms with Crippen molar-refractivity contribution in [3.05, 3.63) is 35.4 Å². The first kappa shape index (κ1) is 16.2. The fourth-order valence-electron chi connectivity index (χ4n) is 1.88. The largest absolute Gasteiger partial charge is 0.350 e. The van der Waals surface area contributed by atoms with E-state index < -0.39 is 0 Å². The highest BCUT2D eigenvalue weighted by molar-refractivity contribution is 9.09. The number of rotatable bonds is 5. The molecule has 0 aliphatic heterocycles. The summed E-state index contributed by atoms with van der Waals surface area (Å²) < 4.78 is 0. The summed E-state index contributed by atoms with van der Waals surface area (Å²) in [4.78, 5) is 12.1. The smallest absolute Gasteiger partial charge is 0.251 e. The van der Waals surface area contributed by atoms with Crippen molar-refractivity contribution < 1.29 is 4.79 Å². The van der Waals surface area contributed by atoms with Crippen LogP contribution in [0.3, 0.4) is 0 Å². The van der Waals surface area contributed by atoms with E-state index in [2.05, 4.69) is 42.0 Å². The third kappa shape index (κ3) is 5.35. The zero-order valence-corrected chi connectivity index (χ0v) is 13.9. The molecule has 0 saturated carbocycles. The Bertz CT molecular complexity index is 406. The number of carbonyl (C=O) groups excluding carboxylic acids is 1. The number of amides is 1. The quantitative estimate of drug-likeness (QED) is 0.804. The molecule has 1 amide bonds. The number of benzene rings is 1. The molecule has 19 heavy (non-hydrogen) atoms. The van der Waals surface area contributed by atoms with Gasteiger partial charge in [0.25, 0.3) is 5.91 Å². The van der Waals surface area contributed by atoms with Gasteiger partial charge in [-0.15, -0.1) is 0 Å². The van der Waals surface area contributed by atoms with Gasteiger partial charge in [0.05, 0.1) is 0 Å². The van der Waals surface area contributed by atoms with Gasteiger partial charge in [0.2, 0.25) is 0 Å². The maximum Gasteiger partial charge on any atom is 0.251 e. The van der Waals surface area contributed by atoms with E-state index in [9.17, 15) is 4.79 Å². The van der Waals surface area contributed by atoms with Gasteiger partial charge in [0.15, 0.2) is 0 Å². The predicted octanol–water partition coefficient (Wildman–Crippen LogP) is 4.28. The average molecular weight is 326 g/mol. The second kappa shape index (κ2) is 7.09. The first-order chi connectivity index (χ1) is 8.84. The van der Waals surface area contributed by atoms with E-state index in [1.807, 2.05) is 31.2 Å². The van der Waals surface area contributed by atoms with Gasteiger partial charge in [-0.25, -0.2) is 0 Å². The number of halogens is 1. The van der Waals surface area contributed by atoms with Crippen molar-refractivity contribution in [2.75, 3.05) is 5.33 Å². The third-order valence-electron chi connectivity index (χ3n) is 3.16. The van der Waals surface area contributed by atoms with Crippen LogP contribution in [0.1, 0.15) is 56.5 Å². The molecule has 0 fully saturated rings. The molecule has 1 aromatic carbocycles. The first-order valence-electron chi connectivity index (χ1n) is 6.82. The fraction of sp³-hybridized carbons (Fsp3) is 0.562. The Balaban J connectivity index is 2.63. The Labute approximate surface area is 125 Å². The molecule has 0 heterocycles. The molecule has 0 radical (unpaired) electrons. The van der Waals surface area contributed by atoms with Gasteiger partial charge in [0, 0.05) is 16.9 Å². The fourth-order valence-corrected chi connectivity index (χ4v) is 2.21. The van der Waals surface area contributed by atoms with Gasteiger partial charge >= 0.3 is 0 Å². The standard InChI is InChI=1S/C16H24BrNO/c1-12(6-5-11-17)18-15(19)13-7-9-14(10-8-13)16(2,3)4/h7-10,12H,5-6,11H2,1-4H3,(H,18,19). The van der Waals surface area contributed by atoms with Crippen LogP contribution in [-0.2, 0) is 5.41 Å². The summed E-state index contributed by atoms with van der Waals surface area (Å²) in [6.45, 7) is 8.56. The molecule has 3 heteroatoms. The molecule has 0 saturated heterocycles. The lowest BCUT2D eigenvalue weighted by Gasteiger charge is -2.19. The van der Waals surface area contributed by atoms with Crippen molar-refractivity contribution in [3.63, 3.8) is 0 Å². The molecule has 106 valence electrons. The van der Waals surface area contributed by atoms with E-state index >= 15 is 0 Å². The first-order valence-corrected chi connectivity index (χ1v) is 7.94. The molecular formula is C16H24BrNO. The summed E-state index contributed by atoms with van der Waals surface area (Å²) in [5.74, 6) is 0.0162. The van der Waals surface area contributed by atoms with E-state index in [0.29, 0.717) is 0 Å². The number of carbonyl (C=O) groups is 1. The lowest BCUT2D eigenvalue weighted by Crippen LogP contribution is -2.32. The Kier molecular flexibility index (Phi) is 6.05. The maximum absolute atomic E-state index is 12.1. The van der Waals surface area contributed by atoms with Crippen molar-refractivity contribution in [2.45, 2.75) is 52.0 Å². The van der Waals surface area contributed by atoms with Crippen molar-refractivity contribution in [2.24, 2.45) is 0 Å². The maximum atomic E-state index is 12.1. The normalized spacial score (nSPS) is 13.1.